The maximum Gasteiger partial charge on any atom is 0.0590 e. The molecule has 1 heterocycles. The third-order valence-electron chi connectivity index (χ3n) is 4.13. The first-order valence-corrected chi connectivity index (χ1v) is 7.29. The first kappa shape index (κ1) is 13.3. The van der Waals surface area contributed by atoms with E-state index < -0.39 is 0 Å². The molecule has 2 rings (SSSR count). The maximum atomic E-state index is 5.86. The van der Waals surface area contributed by atoms with E-state index in [2.05, 4.69) is 0 Å². The summed E-state index contributed by atoms with van der Waals surface area (Å²) >= 11 is 0. The summed E-state index contributed by atoms with van der Waals surface area (Å²) < 4.78 is 11.2. The van der Waals surface area contributed by atoms with Gasteiger partial charge in [-0.15, -0.1) is 0 Å². The molecule has 17 heavy (non-hydrogen) atoms. The highest BCUT2D eigenvalue weighted by Gasteiger charge is 2.21. The minimum Gasteiger partial charge on any atom is -0.381 e. The van der Waals surface area contributed by atoms with Crippen LogP contribution in [0.4, 0.5) is 0 Å². The monoisotopic (exact) mass is 241 g/mol. The lowest BCUT2D eigenvalue weighted by molar-refractivity contribution is 0.0484. The van der Waals surface area contributed by atoms with Gasteiger partial charge in [0.25, 0.3) is 0 Å². The number of unbranched alkanes of at least 4 members (excludes halogenated alkanes) is 1. The van der Waals surface area contributed by atoms with Crippen LogP contribution in [0.3, 0.4) is 0 Å². The normalized spacial score (nSPS) is 30.9. The Balaban J connectivity index is 1.43. The van der Waals surface area contributed by atoms with Gasteiger partial charge in [0.15, 0.2) is 0 Å². The van der Waals surface area contributed by atoms with Crippen molar-refractivity contribution in [2.24, 2.45) is 11.7 Å². The molecule has 3 heteroatoms. The Labute approximate surface area is 105 Å². The van der Waals surface area contributed by atoms with Crippen molar-refractivity contribution in [2.45, 2.75) is 63.5 Å². The predicted molar refractivity (Wildman–Crippen MR) is 69.0 cm³/mol. The van der Waals surface area contributed by atoms with Crippen LogP contribution in [0, 0.1) is 5.92 Å². The van der Waals surface area contributed by atoms with Crippen LogP contribution < -0.4 is 5.73 Å². The minimum absolute atomic E-state index is 0.391. The van der Waals surface area contributed by atoms with Gasteiger partial charge < -0.3 is 15.2 Å². The zero-order valence-corrected chi connectivity index (χ0v) is 10.9. The number of hydrogen-bond donors (Lipinski definition) is 1. The lowest BCUT2D eigenvalue weighted by atomic mass is 9.94. The second kappa shape index (κ2) is 7.34. The molecule has 3 nitrogen and oxygen atoms in total. The molecule has 0 aromatic rings. The van der Waals surface area contributed by atoms with Crippen LogP contribution in [0.2, 0.25) is 0 Å². The van der Waals surface area contributed by atoms with E-state index in [-0.39, 0.29) is 0 Å². The van der Waals surface area contributed by atoms with Crippen molar-refractivity contribution in [3.05, 3.63) is 0 Å². The molecule has 0 amide bonds. The number of ether oxygens (including phenoxy) is 2. The summed E-state index contributed by atoms with van der Waals surface area (Å²) in [6, 6.07) is 0.391. The molecule has 2 aliphatic rings. The van der Waals surface area contributed by atoms with Crippen molar-refractivity contribution < 1.29 is 9.47 Å². The zero-order valence-electron chi connectivity index (χ0n) is 10.9. The fraction of sp³-hybridized carbons (Fsp3) is 1.00. The highest BCUT2D eigenvalue weighted by molar-refractivity contribution is 4.78. The van der Waals surface area contributed by atoms with E-state index >= 15 is 0 Å². The molecule has 1 saturated heterocycles. The number of hydrogen-bond acceptors (Lipinski definition) is 3. The van der Waals surface area contributed by atoms with Gasteiger partial charge in [-0.25, -0.2) is 0 Å². The molecule has 0 aromatic carbocycles. The van der Waals surface area contributed by atoms with Crippen molar-refractivity contribution in [1.82, 2.24) is 0 Å². The second-order valence-corrected chi connectivity index (χ2v) is 5.62. The summed E-state index contributed by atoms with van der Waals surface area (Å²) in [4.78, 5) is 0. The van der Waals surface area contributed by atoms with Gasteiger partial charge in [0.2, 0.25) is 0 Å². The van der Waals surface area contributed by atoms with Gasteiger partial charge in [0.05, 0.1) is 6.10 Å². The first-order valence-electron chi connectivity index (χ1n) is 7.29. The molecule has 100 valence electrons. The molecule has 2 atom stereocenters. The van der Waals surface area contributed by atoms with Gasteiger partial charge in [-0.3, -0.25) is 0 Å². The fourth-order valence-electron chi connectivity index (χ4n) is 2.94. The molecular weight excluding hydrogens is 214 g/mol. The first-order chi connectivity index (χ1) is 8.34. The Kier molecular flexibility index (Phi) is 5.75. The van der Waals surface area contributed by atoms with Gasteiger partial charge in [-0.2, -0.15) is 0 Å². The van der Waals surface area contributed by atoms with E-state index in [1.807, 2.05) is 0 Å². The Hall–Kier alpha value is -0.120. The van der Waals surface area contributed by atoms with Crippen molar-refractivity contribution in [3.8, 4) is 0 Å². The summed E-state index contributed by atoms with van der Waals surface area (Å²) in [6.07, 6.45) is 10.2. The quantitative estimate of drug-likeness (QED) is 0.727. The second-order valence-electron chi connectivity index (χ2n) is 5.62. The highest BCUT2D eigenvalue weighted by Crippen LogP contribution is 2.22. The molecule has 0 radical (unpaired) electrons. The van der Waals surface area contributed by atoms with E-state index in [1.165, 1.54) is 38.5 Å². The highest BCUT2D eigenvalue weighted by atomic mass is 16.5. The average Bonchev–Trinajstić information content (AvgIpc) is 2.76. The molecule has 1 aliphatic heterocycles. The molecule has 1 aliphatic carbocycles. The SMILES string of the molecule is NC1CCC(OCCCCC2CCOCC2)C1. The molecule has 0 aromatic heterocycles. The Morgan fingerprint density at radius 3 is 2.59 bits per heavy atom. The Morgan fingerprint density at radius 2 is 1.88 bits per heavy atom. The molecule has 2 unspecified atom stereocenters. The summed E-state index contributed by atoms with van der Waals surface area (Å²) in [5.41, 5.74) is 5.86. The number of rotatable bonds is 6. The smallest absolute Gasteiger partial charge is 0.0590 e. The summed E-state index contributed by atoms with van der Waals surface area (Å²) in [5.74, 6) is 0.906. The molecule has 0 spiro atoms. The summed E-state index contributed by atoms with van der Waals surface area (Å²) in [7, 11) is 0. The lowest BCUT2D eigenvalue weighted by Crippen LogP contribution is -2.18. The van der Waals surface area contributed by atoms with Gasteiger partial charge >= 0.3 is 0 Å². The predicted octanol–water partition coefficient (Wildman–Crippen LogP) is 2.48. The third-order valence-corrected chi connectivity index (χ3v) is 4.13. The van der Waals surface area contributed by atoms with E-state index in [0.717, 1.165) is 38.6 Å². The zero-order chi connectivity index (χ0) is 11.9. The topological polar surface area (TPSA) is 44.5 Å². The third kappa shape index (κ3) is 4.94. The summed E-state index contributed by atoms with van der Waals surface area (Å²) in [6.45, 7) is 2.88. The van der Waals surface area contributed by atoms with Crippen LogP contribution in [-0.2, 0) is 9.47 Å². The van der Waals surface area contributed by atoms with E-state index in [9.17, 15) is 0 Å². The van der Waals surface area contributed by atoms with Gasteiger partial charge in [0, 0.05) is 25.9 Å². The van der Waals surface area contributed by atoms with E-state index in [0.29, 0.717) is 12.1 Å². The fourth-order valence-corrected chi connectivity index (χ4v) is 2.94. The van der Waals surface area contributed by atoms with Crippen LogP contribution in [0.5, 0.6) is 0 Å². The largest absolute Gasteiger partial charge is 0.381 e. The van der Waals surface area contributed by atoms with Crippen LogP contribution in [0.25, 0.3) is 0 Å². The maximum absolute atomic E-state index is 5.86. The van der Waals surface area contributed by atoms with Gasteiger partial charge in [0.1, 0.15) is 0 Å². The average molecular weight is 241 g/mol. The standard InChI is InChI=1S/C14H27NO2/c15-13-4-5-14(11-13)17-8-2-1-3-12-6-9-16-10-7-12/h12-14H,1-11,15H2. The Bertz CT molecular complexity index is 198. The number of nitrogens with two attached hydrogens (primary N) is 1. The Morgan fingerprint density at radius 1 is 1.06 bits per heavy atom. The molecule has 2 fully saturated rings. The van der Waals surface area contributed by atoms with Crippen molar-refractivity contribution in [2.75, 3.05) is 19.8 Å². The van der Waals surface area contributed by atoms with E-state index in [4.69, 9.17) is 15.2 Å². The van der Waals surface area contributed by atoms with Crippen molar-refractivity contribution >= 4 is 0 Å². The van der Waals surface area contributed by atoms with Crippen molar-refractivity contribution in [3.63, 3.8) is 0 Å². The minimum atomic E-state index is 0.391. The summed E-state index contributed by atoms with van der Waals surface area (Å²) in [5, 5.41) is 0. The van der Waals surface area contributed by atoms with Crippen LogP contribution >= 0.6 is 0 Å². The molecule has 1 saturated carbocycles. The van der Waals surface area contributed by atoms with Crippen molar-refractivity contribution in [1.29, 1.82) is 0 Å². The molecule has 0 bridgehead atoms. The lowest BCUT2D eigenvalue weighted by Gasteiger charge is -2.21. The van der Waals surface area contributed by atoms with Crippen LogP contribution in [-0.4, -0.2) is 32.0 Å². The van der Waals surface area contributed by atoms with Crippen LogP contribution in [0.1, 0.15) is 51.4 Å². The van der Waals surface area contributed by atoms with Gasteiger partial charge in [-0.05, 0) is 44.4 Å². The van der Waals surface area contributed by atoms with Gasteiger partial charge in [-0.1, -0.05) is 12.8 Å². The van der Waals surface area contributed by atoms with E-state index in [1.54, 1.807) is 0 Å². The molecule has 2 N–H and O–H groups in total. The molecular formula is C14H27NO2. The van der Waals surface area contributed by atoms with Crippen LogP contribution in [0.15, 0.2) is 0 Å².